The first-order valence-corrected chi connectivity index (χ1v) is 5.48. The third kappa shape index (κ3) is 2.16. The molecule has 2 aromatic rings. The van der Waals surface area contributed by atoms with Gasteiger partial charge in [-0.15, -0.1) is 0 Å². The molecule has 0 aliphatic carbocycles. The van der Waals surface area contributed by atoms with E-state index in [1.807, 2.05) is 18.2 Å². The Kier molecular flexibility index (Phi) is 3.37. The summed E-state index contributed by atoms with van der Waals surface area (Å²) in [7, 11) is 1.62. The van der Waals surface area contributed by atoms with Crippen LogP contribution >= 0.6 is 23.2 Å². The molecule has 0 fully saturated rings. The van der Waals surface area contributed by atoms with Gasteiger partial charge in [0.2, 0.25) is 0 Å². The van der Waals surface area contributed by atoms with Gasteiger partial charge in [0.15, 0.2) is 0 Å². The molecule has 0 heterocycles. The number of hydrogen-bond donors (Lipinski definition) is 0. The quantitative estimate of drug-likeness (QED) is 0.766. The van der Waals surface area contributed by atoms with Crippen molar-refractivity contribution in [2.45, 2.75) is 0 Å². The van der Waals surface area contributed by atoms with Crippen LogP contribution in [0.25, 0.3) is 11.1 Å². The summed E-state index contributed by atoms with van der Waals surface area (Å²) in [6.07, 6.45) is 0. The van der Waals surface area contributed by atoms with Crippen molar-refractivity contribution in [1.82, 2.24) is 0 Å². The number of hydrogen-bond acceptors (Lipinski definition) is 1. The van der Waals surface area contributed by atoms with Crippen LogP contribution in [0.5, 0.6) is 5.75 Å². The number of halogens is 2. The molecule has 0 aromatic heterocycles. The van der Waals surface area contributed by atoms with E-state index in [2.05, 4.69) is 6.07 Å². The Morgan fingerprint density at radius 2 is 1.81 bits per heavy atom. The predicted octanol–water partition coefficient (Wildman–Crippen LogP) is 4.47. The number of rotatable bonds is 2. The third-order valence-corrected chi connectivity index (χ3v) is 2.87. The summed E-state index contributed by atoms with van der Waals surface area (Å²) < 4.78 is 5.15. The fraction of sp³-hybridized carbons (Fsp3) is 0.0769. The lowest BCUT2D eigenvalue weighted by molar-refractivity contribution is 0.415. The van der Waals surface area contributed by atoms with Gasteiger partial charge in [-0.2, -0.15) is 0 Å². The Morgan fingerprint density at radius 3 is 2.44 bits per heavy atom. The van der Waals surface area contributed by atoms with Crippen molar-refractivity contribution in [1.29, 1.82) is 0 Å². The van der Waals surface area contributed by atoms with Crippen molar-refractivity contribution in [3.63, 3.8) is 0 Å². The Bertz CT molecular complexity index is 489. The van der Waals surface area contributed by atoms with Crippen molar-refractivity contribution in [3.8, 4) is 16.9 Å². The van der Waals surface area contributed by atoms with E-state index in [-0.39, 0.29) is 0 Å². The van der Waals surface area contributed by atoms with Gasteiger partial charge in [0.25, 0.3) is 0 Å². The summed E-state index contributed by atoms with van der Waals surface area (Å²) in [5.41, 5.74) is 1.61. The van der Waals surface area contributed by atoms with Crippen LogP contribution in [-0.4, -0.2) is 7.11 Å². The van der Waals surface area contributed by atoms with Gasteiger partial charge in [-0.25, -0.2) is 0 Å². The maximum absolute atomic E-state index is 6.11. The van der Waals surface area contributed by atoms with Gasteiger partial charge in [0.05, 0.1) is 7.11 Å². The van der Waals surface area contributed by atoms with E-state index < -0.39 is 0 Å². The van der Waals surface area contributed by atoms with Gasteiger partial charge in [-0.3, -0.25) is 0 Å². The van der Waals surface area contributed by atoms with E-state index in [9.17, 15) is 0 Å². The largest absolute Gasteiger partial charge is 0.497 e. The maximum atomic E-state index is 6.11. The van der Waals surface area contributed by atoms with Gasteiger partial charge >= 0.3 is 0 Å². The molecule has 0 aliphatic heterocycles. The van der Waals surface area contributed by atoms with Gasteiger partial charge < -0.3 is 4.74 Å². The van der Waals surface area contributed by atoms with Gasteiger partial charge in [0, 0.05) is 15.6 Å². The zero-order valence-electron chi connectivity index (χ0n) is 8.63. The highest BCUT2D eigenvalue weighted by molar-refractivity contribution is 6.39. The van der Waals surface area contributed by atoms with Crippen LogP contribution < -0.4 is 4.74 Å². The Balaban J connectivity index is 2.58. The van der Waals surface area contributed by atoms with Crippen LogP contribution in [0, 0.1) is 6.07 Å². The highest BCUT2D eigenvalue weighted by atomic mass is 35.5. The van der Waals surface area contributed by atoms with Crippen LogP contribution in [-0.2, 0) is 0 Å². The molecule has 2 rings (SSSR count). The van der Waals surface area contributed by atoms with Crippen molar-refractivity contribution >= 4 is 23.2 Å². The molecule has 16 heavy (non-hydrogen) atoms. The molecule has 1 nitrogen and oxygen atoms in total. The van der Waals surface area contributed by atoms with E-state index in [1.54, 1.807) is 25.3 Å². The lowest BCUT2D eigenvalue weighted by Gasteiger charge is -2.08. The summed E-state index contributed by atoms with van der Waals surface area (Å²) in [6.45, 7) is 0. The minimum atomic E-state index is 0.608. The van der Waals surface area contributed by atoms with E-state index in [0.717, 1.165) is 16.9 Å². The van der Waals surface area contributed by atoms with E-state index in [4.69, 9.17) is 27.9 Å². The summed E-state index contributed by atoms with van der Waals surface area (Å²) in [6, 6.07) is 14.0. The minimum absolute atomic E-state index is 0.608. The average Bonchev–Trinajstić information content (AvgIpc) is 2.29. The van der Waals surface area contributed by atoms with Crippen molar-refractivity contribution < 1.29 is 4.74 Å². The lowest BCUT2D eigenvalue weighted by atomic mass is 10.1. The molecule has 0 aliphatic rings. The van der Waals surface area contributed by atoms with Crippen LogP contribution in [0.3, 0.4) is 0 Å². The fourth-order valence-corrected chi connectivity index (χ4v) is 2.07. The molecule has 0 unspecified atom stereocenters. The number of benzene rings is 2. The second kappa shape index (κ2) is 4.77. The number of methoxy groups -OCH3 is 1. The fourth-order valence-electron chi connectivity index (χ4n) is 1.47. The van der Waals surface area contributed by atoms with Crippen LogP contribution in [0.4, 0.5) is 0 Å². The zero-order valence-corrected chi connectivity index (χ0v) is 10.1. The SMILES string of the molecule is COc1cc[c]c(-c2c(Cl)cccc2Cl)c1. The summed E-state index contributed by atoms with van der Waals surface area (Å²) in [4.78, 5) is 0. The topological polar surface area (TPSA) is 9.23 Å². The third-order valence-electron chi connectivity index (χ3n) is 2.24. The molecule has 3 heteroatoms. The Morgan fingerprint density at radius 1 is 1.12 bits per heavy atom. The normalized spacial score (nSPS) is 10.2. The van der Waals surface area contributed by atoms with Gasteiger partial charge in [0.1, 0.15) is 5.75 Å². The van der Waals surface area contributed by atoms with Crippen LogP contribution in [0.2, 0.25) is 10.0 Å². The average molecular weight is 252 g/mol. The van der Waals surface area contributed by atoms with Gasteiger partial charge in [-0.05, 0) is 35.9 Å². The molecule has 0 spiro atoms. The van der Waals surface area contributed by atoms with Crippen molar-refractivity contribution in [2.24, 2.45) is 0 Å². The molecular weight excluding hydrogens is 243 g/mol. The van der Waals surface area contributed by atoms with Crippen LogP contribution in [0.1, 0.15) is 0 Å². The highest BCUT2D eigenvalue weighted by Crippen LogP contribution is 2.35. The first-order valence-electron chi connectivity index (χ1n) is 4.72. The first kappa shape index (κ1) is 11.3. The second-order valence-corrected chi connectivity index (χ2v) is 4.05. The summed E-state index contributed by atoms with van der Waals surface area (Å²) in [5.74, 6) is 0.754. The van der Waals surface area contributed by atoms with Crippen molar-refractivity contribution in [3.05, 3.63) is 52.5 Å². The molecule has 0 saturated heterocycles. The molecule has 0 saturated carbocycles. The monoisotopic (exact) mass is 251 g/mol. The smallest absolute Gasteiger partial charge is 0.119 e. The summed E-state index contributed by atoms with van der Waals surface area (Å²) in [5, 5.41) is 1.22. The standard InChI is InChI=1S/C13H9Cl2O/c1-16-10-5-2-4-9(8-10)13-11(14)6-3-7-12(13)15/h2-3,5-8H,1H3. The van der Waals surface area contributed by atoms with E-state index >= 15 is 0 Å². The molecule has 0 amide bonds. The zero-order chi connectivity index (χ0) is 11.5. The molecule has 81 valence electrons. The van der Waals surface area contributed by atoms with Crippen LogP contribution in [0.15, 0.2) is 36.4 Å². The lowest BCUT2D eigenvalue weighted by Crippen LogP contribution is -1.85. The second-order valence-electron chi connectivity index (χ2n) is 3.24. The first-order chi connectivity index (χ1) is 7.72. The molecule has 0 bridgehead atoms. The van der Waals surface area contributed by atoms with E-state index in [0.29, 0.717) is 10.0 Å². The molecule has 1 radical (unpaired) electrons. The number of ether oxygens (including phenoxy) is 1. The maximum Gasteiger partial charge on any atom is 0.119 e. The van der Waals surface area contributed by atoms with Gasteiger partial charge in [-0.1, -0.05) is 35.3 Å². The minimum Gasteiger partial charge on any atom is -0.497 e. The molecule has 2 aromatic carbocycles. The summed E-state index contributed by atoms with van der Waals surface area (Å²) >= 11 is 12.2. The Hall–Kier alpha value is -1.18. The van der Waals surface area contributed by atoms with Crippen molar-refractivity contribution in [2.75, 3.05) is 7.11 Å². The molecule has 0 N–H and O–H groups in total. The molecular formula is C13H9Cl2O. The Labute approximate surface area is 105 Å². The van der Waals surface area contributed by atoms with E-state index in [1.165, 1.54) is 0 Å². The predicted molar refractivity (Wildman–Crippen MR) is 67.3 cm³/mol. The highest BCUT2D eigenvalue weighted by Gasteiger charge is 2.08. The molecule has 0 atom stereocenters.